The summed E-state index contributed by atoms with van der Waals surface area (Å²) in [6.07, 6.45) is 0. The third-order valence-electron chi connectivity index (χ3n) is 2.51. The number of aromatic nitrogens is 2. The van der Waals surface area contributed by atoms with Crippen molar-refractivity contribution in [2.75, 3.05) is 0 Å². The Morgan fingerprint density at radius 3 is 2.44 bits per heavy atom. The maximum absolute atomic E-state index is 13.5. The van der Waals surface area contributed by atoms with E-state index < -0.39 is 28.8 Å². The molecule has 1 aromatic carbocycles. The van der Waals surface area contributed by atoms with Gasteiger partial charge in [-0.15, -0.1) is 0 Å². The molecule has 0 saturated heterocycles. The molecule has 0 atom stereocenters. The van der Waals surface area contributed by atoms with Crippen molar-refractivity contribution in [1.29, 1.82) is 0 Å². The van der Waals surface area contributed by atoms with Gasteiger partial charge in [0.25, 0.3) is 0 Å². The average molecular weight is 254 g/mol. The maximum atomic E-state index is 13.5. The minimum absolute atomic E-state index is 0.109. The van der Waals surface area contributed by atoms with Crippen molar-refractivity contribution in [2.24, 2.45) is 7.05 Å². The molecule has 0 spiro atoms. The molecule has 0 fully saturated rings. The molecule has 0 aliphatic heterocycles. The number of carbonyl (C=O) groups is 1. The predicted molar refractivity (Wildman–Crippen MR) is 57.7 cm³/mol. The highest BCUT2D eigenvalue weighted by atomic mass is 19.2. The normalized spacial score (nSPS) is 10.7. The zero-order valence-corrected chi connectivity index (χ0v) is 9.67. The SMILES string of the molecule is Cc1cc(C(=O)c2ccc(F)c(F)c2F)n(C)n1. The highest BCUT2D eigenvalue weighted by molar-refractivity contribution is 6.08. The molecule has 0 N–H and O–H groups in total. The Morgan fingerprint density at radius 2 is 1.89 bits per heavy atom. The van der Waals surface area contributed by atoms with Crippen LogP contribution in [0.5, 0.6) is 0 Å². The molecule has 0 unspecified atom stereocenters. The lowest BCUT2D eigenvalue weighted by atomic mass is 10.1. The monoisotopic (exact) mass is 254 g/mol. The lowest BCUT2D eigenvalue weighted by Crippen LogP contribution is -2.11. The van der Waals surface area contributed by atoms with Crippen molar-refractivity contribution >= 4 is 5.78 Å². The third-order valence-corrected chi connectivity index (χ3v) is 2.51. The molecule has 18 heavy (non-hydrogen) atoms. The van der Waals surface area contributed by atoms with Gasteiger partial charge in [-0.3, -0.25) is 9.48 Å². The van der Waals surface area contributed by atoms with Gasteiger partial charge in [0.15, 0.2) is 17.5 Å². The second-order valence-electron chi connectivity index (χ2n) is 3.85. The lowest BCUT2D eigenvalue weighted by Gasteiger charge is -2.04. The fourth-order valence-corrected chi connectivity index (χ4v) is 1.66. The lowest BCUT2D eigenvalue weighted by molar-refractivity contribution is 0.102. The summed E-state index contributed by atoms with van der Waals surface area (Å²) < 4.78 is 40.5. The molecule has 0 aliphatic rings. The van der Waals surface area contributed by atoms with Crippen LogP contribution in [0.2, 0.25) is 0 Å². The summed E-state index contributed by atoms with van der Waals surface area (Å²) in [6, 6.07) is 3.08. The summed E-state index contributed by atoms with van der Waals surface area (Å²) in [5.41, 5.74) is 0.165. The third kappa shape index (κ3) is 1.90. The molecule has 3 nitrogen and oxygen atoms in total. The number of benzene rings is 1. The van der Waals surface area contributed by atoms with Crippen LogP contribution in [-0.2, 0) is 7.05 Å². The van der Waals surface area contributed by atoms with Gasteiger partial charge in [0.1, 0.15) is 5.69 Å². The first-order chi connectivity index (χ1) is 8.41. The van der Waals surface area contributed by atoms with Crippen molar-refractivity contribution in [2.45, 2.75) is 6.92 Å². The van der Waals surface area contributed by atoms with Crippen molar-refractivity contribution in [3.05, 3.63) is 52.6 Å². The van der Waals surface area contributed by atoms with Gasteiger partial charge in [0.05, 0.1) is 11.3 Å². The van der Waals surface area contributed by atoms with E-state index in [0.29, 0.717) is 5.69 Å². The number of nitrogens with zero attached hydrogens (tertiary/aromatic N) is 2. The Morgan fingerprint density at radius 1 is 1.22 bits per heavy atom. The summed E-state index contributed by atoms with van der Waals surface area (Å²) >= 11 is 0. The number of hydrogen-bond acceptors (Lipinski definition) is 2. The maximum Gasteiger partial charge on any atom is 0.214 e. The highest BCUT2D eigenvalue weighted by Crippen LogP contribution is 2.18. The molecular formula is C12H9F3N2O. The van der Waals surface area contributed by atoms with E-state index in [1.807, 2.05) is 0 Å². The number of carbonyl (C=O) groups excluding carboxylic acids is 1. The second-order valence-corrected chi connectivity index (χ2v) is 3.85. The number of ketones is 1. The van der Waals surface area contributed by atoms with Gasteiger partial charge in [-0.2, -0.15) is 5.10 Å². The summed E-state index contributed by atoms with van der Waals surface area (Å²) in [4.78, 5) is 12.0. The minimum atomic E-state index is -1.65. The van der Waals surface area contributed by atoms with Gasteiger partial charge in [-0.25, -0.2) is 13.2 Å². The number of rotatable bonds is 2. The topological polar surface area (TPSA) is 34.9 Å². The van der Waals surface area contributed by atoms with E-state index in [4.69, 9.17) is 0 Å². The van der Waals surface area contributed by atoms with Crippen LogP contribution < -0.4 is 0 Å². The molecule has 0 aliphatic carbocycles. The number of halogens is 3. The smallest absolute Gasteiger partial charge is 0.214 e. The summed E-state index contributed by atoms with van der Waals surface area (Å²) in [5, 5.41) is 3.93. The van der Waals surface area contributed by atoms with Crippen LogP contribution in [0.4, 0.5) is 13.2 Å². The van der Waals surface area contributed by atoms with Crippen LogP contribution in [-0.4, -0.2) is 15.6 Å². The van der Waals surface area contributed by atoms with E-state index in [1.54, 1.807) is 6.92 Å². The fourth-order valence-electron chi connectivity index (χ4n) is 1.66. The van der Waals surface area contributed by atoms with Crippen LogP contribution >= 0.6 is 0 Å². The second kappa shape index (κ2) is 4.29. The van der Waals surface area contributed by atoms with E-state index in [-0.39, 0.29) is 5.69 Å². The van der Waals surface area contributed by atoms with E-state index in [9.17, 15) is 18.0 Å². The Bertz CT molecular complexity index is 634. The average Bonchev–Trinajstić information content (AvgIpc) is 2.65. The van der Waals surface area contributed by atoms with Gasteiger partial charge in [0, 0.05) is 7.05 Å². The van der Waals surface area contributed by atoms with Crippen molar-refractivity contribution in [3.63, 3.8) is 0 Å². The van der Waals surface area contributed by atoms with Gasteiger partial charge in [-0.1, -0.05) is 0 Å². The van der Waals surface area contributed by atoms with Crippen LogP contribution in [0.3, 0.4) is 0 Å². The summed E-state index contributed by atoms with van der Waals surface area (Å²) in [6.45, 7) is 1.67. The van der Waals surface area contributed by atoms with E-state index >= 15 is 0 Å². The van der Waals surface area contributed by atoms with Gasteiger partial charge in [0.2, 0.25) is 5.78 Å². The zero-order chi connectivity index (χ0) is 13.4. The quantitative estimate of drug-likeness (QED) is 0.609. The van der Waals surface area contributed by atoms with Crippen molar-refractivity contribution in [3.8, 4) is 0 Å². The van der Waals surface area contributed by atoms with Gasteiger partial charge in [-0.05, 0) is 25.1 Å². The molecule has 1 aromatic heterocycles. The number of hydrogen-bond donors (Lipinski definition) is 0. The fraction of sp³-hybridized carbons (Fsp3) is 0.167. The van der Waals surface area contributed by atoms with Gasteiger partial charge >= 0.3 is 0 Å². The molecule has 2 rings (SSSR count). The first-order valence-electron chi connectivity index (χ1n) is 5.10. The molecule has 1 heterocycles. The largest absolute Gasteiger partial charge is 0.287 e. The standard InChI is InChI=1S/C12H9F3N2O/c1-6-5-9(17(2)16-6)12(18)7-3-4-8(13)11(15)10(7)14/h3-5H,1-2H3. The van der Waals surface area contributed by atoms with Crippen LogP contribution in [0.25, 0.3) is 0 Å². The van der Waals surface area contributed by atoms with Gasteiger partial charge < -0.3 is 0 Å². The molecule has 94 valence electrons. The number of aryl methyl sites for hydroxylation is 2. The predicted octanol–water partition coefficient (Wildman–Crippen LogP) is 2.38. The Kier molecular flexibility index (Phi) is 2.94. The van der Waals surface area contributed by atoms with Crippen molar-refractivity contribution < 1.29 is 18.0 Å². The molecular weight excluding hydrogens is 245 g/mol. The van der Waals surface area contributed by atoms with Crippen LogP contribution in [0.15, 0.2) is 18.2 Å². The summed E-state index contributed by atoms with van der Waals surface area (Å²) in [5.74, 6) is -5.21. The van der Waals surface area contributed by atoms with Crippen molar-refractivity contribution in [1.82, 2.24) is 9.78 Å². The van der Waals surface area contributed by atoms with Crippen LogP contribution in [0, 0.1) is 24.4 Å². The molecule has 6 heteroatoms. The van der Waals surface area contributed by atoms with E-state index in [2.05, 4.69) is 5.10 Å². The zero-order valence-electron chi connectivity index (χ0n) is 9.67. The Balaban J connectivity index is 2.53. The molecule has 0 saturated carbocycles. The molecule has 0 amide bonds. The first-order valence-corrected chi connectivity index (χ1v) is 5.10. The van der Waals surface area contributed by atoms with E-state index in [0.717, 1.165) is 12.1 Å². The molecule has 0 bridgehead atoms. The highest BCUT2D eigenvalue weighted by Gasteiger charge is 2.22. The van der Waals surface area contributed by atoms with Crippen LogP contribution in [0.1, 0.15) is 21.7 Å². The Labute approximate surface area is 101 Å². The molecule has 0 radical (unpaired) electrons. The summed E-state index contributed by atoms with van der Waals surface area (Å²) in [7, 11) is 1.51. The minimum Gasteiger partial charge on any atom is -0.287 e. The first kappa shape index (κ1) is 12.3. The van der Waals surface area contributed by atoms with E-state index in [1.165, 1.54) is 17.8 Å². The Hall–Kier alpha value is -2.11. The molecule has 2 aromatic rings.